The van der Waals surface area contributed by atoms with Crippen LogP contribution in [-0.4, -0.2) is 47.9 Å². The van der Waals surface area contributed by atoms with Crippen molar-refractivity contribution in [1.29, 1.82) is 0 Å². The third-order valence-corrected chi connectivity index (χ3v) is 7.17. The average molecular weight is 506 g/mol. The number of alkyl halides is 1. The Morgan fingerprint density at radius 2 is 2.03 bits per heavy atom. The Kier molecular flexibility index (Phi) is 8.97. The van der Waals surface area contributed by atoms with Crippen LogP contribution in [0.15, 0.2) is 47.6 Å². The number of carbonyl (C=O) groups is 2. The van der Waals surface area contributed by atoms with Gasteiger partial charge in [0.15, 0.2) is 0 Å². The maximum atomic E-state index is 14.1. The highest BCUT2D eigenvalue weighted by atomic mass is 31.1. The van der Waals surface area contributed by atoms with Crippen molar-refractivity contribution in [1.82, 2.24) is 16.0 Å². The van der Waals surface area contributed by atoms with Gasteiger partial charge in [0.25, 0.3) is 5.91 Å². The fraction of sp³-hybridized carbons (Fsp3) is 0.458. The summed E-state index contributed by atoms with van der Waals surface area (Å²) in [7, 11) is 4.54. The fourth-order valence-electron chi connectivity index (χ4n) is 4.21. The molecule has 0 aromatic heterocycles. The van der Waals surface area contributed by atoms with Crippen LogP contribution in [0.5, 0.6) is 0 Å². The van der Waals surface area contributed by atoms with Gasteiger partial charge >= 0.3 is 0 Å². The molecule has 2 aliphatic heterocycles. The molecule has 34 heavy (non-hydrogen) atoms. The number of benzene rings is 1. The number of rotatable bonds is 9. The van der Waals surface area contributed by atoms with E-state index in [1.165, 1.54) is 6.08 Å². The van der Waals surface area contributed by atoms with E-state index < -0.39 is 11.1 Å². The van der Waals surface area contributed by atoms with Crippen LogP contribution < -0.4 is 21.7 Å². The minimum Gasteiger partial charge on any atom is -0.377 e. The lowest BCUT2D eigenvalue weighted by atomic mass is 9.91. The Morgan fingerprint density at radius 1 is 1.32 bits per heavy atom. The number of piperidine rings is 1. The minimum absolute atomic E-state index is 0.0232. The first-order valence-electron chi connectivity index (χ1n) is 11.4. The summed E-state index contributed by atoms with van der Waals surface area (Å²) in [6, 6.07) is 7.85. The molecule has 1 aromatic carbocycles. The van der Waals surface area contributed by atoms with Crippen LogP contribution in [0.1, 0.15) is 37.3 Å². The summed E-state index contributed by atoms with van der Waals surface area (Å²) in [6.07, 6.45) is 4.82. The number of allylic oxidation sites excluding steroid dienone is 1. The van der Waals surface area contributed by atoms with Crippen molar-refractivity contribution >= 4 is 41.7 Å². The second kappa shape index (κ2) is 11.5. The van der Waals surface area contributed by atoms with Gasteiger partial charge in [-0.1, -0.05) is 49.3 Å². The molecule has 2 fully saturated rings. The van der Waals surface area contributed by atoms with E-state index in [2.05, 4.69) is 46.0 Å². The van der Waals surface area contributed by atoms with Crippen LogP contribution in [0.4, 0.5) is 4.39 Å². The SMILES string of the molecule is C=C(N=C(/C=C(\C)N[C@H]1CCNC1=O)C(N)=O)c1ccc(CC2CCC(C(F)(P)P)CN2)cc1. The zero-order chi connectivity index (χ0) is 24.9. The summed E-state index contributed by atoms with van der Waals surface area (Å²) < 4.78 is 14.1. The van der Waals surface area contributed by atoms with Crippen molar-refractivity contribution in [2.45, 2.75) is 49.8 Å². The molecule has 0 saturated carbocycles. The van der Waals surface area contributed by atoms with E-state index in [1.807, 2.05) is 24.3 Å². The molecule has 0 bridgehead atoms. The molecule has 0 spiro atoms. The molecular formula is C24H34FN5O2P2. The van der Waals surface area contributed by atoms with E-state index in [0.29, 0.717) is 36.9 Å². The smallest absolute Gasteiger partial charge is 0.267 e. The lowest BCUT2D eigenvalue weighted by Crippen LogP contribution is -2.44. The van der Waals surface area contributed by atoms with Crippen molar-refractivity contribution < 1.29 is 14.0 Å². The van der Waals surface area contributed by atoms with Gasteiger partial charge in [0.1, 0.15) is 16.9 Å². The molecule has 2 amide bonds. The minimum atomic E-state index is -1.32. The van der Waals surface area contributed by atoms with E-state index in [0.717, 1.165) is 30.4 Å². The molecule has 7 nitrogen and oxygen atoms in total. The summed E-state index contributed by atoms with van der Waals surface area (Å²) in [4.78, 5) is 28.0. The molecule has 1 aromatic rings. The monoisotopic (exact) mass is 505 g/mol. The van der Waals surface area contributed by atoms with Gasteiger partial charge in [0, 0.05) is 30.7 Å². The van der Waals surface area contributed by atoms with Crippen molar-refractivity contribution in [3.05, 3.63) is 53.7 Å². The number of carbonyl (C=O) groups excluding carboxylic acids is 2. The van der Waals surface area contributed by atoms with Crippen LogP contribution in [0.25, 0.3) is 5.70 Å². The first-order valence-corrected chi connectivity index (χ1v) is 12.6. The first kappa shape index (κ1) is 26.5. The quantitative estimate of drug-likeness (QED) is 0.305. The predicted octanol–water partition coefficient (Wildman–Crippen LogP) is 2.25. The molecule has 184 valence electrons. The van der Waals surface area contributed by atoms with E-state index in [4.69, 9.17) is 5.73 Å². The Balaban J connectivity index is 1.60. The van der Waals surface area contributed by atoms with E-state index in [9.17, 15) is 14.0 Å². The van der Waals surface area contributed by atoms with Gasteiger partial charge in [-0.3, -0.25) is 9.59 Å². The highest BCUT2D eigenvalue weighted by Gasteiger charge is 2.33. The van der Waals surface area contributed by atoms with Crippen molar-refractivity contribution in [2.24, 2.45) is 16.6 Å². The van der Waals surface area contributed by atoms with Crippen LogP contribution in [0.2, 0.25) is 0 Å². The number of nitrogens with zero attached hydrogens (tertiary/aromatic N) is 1. The summed E-state index contributed by atoms with van der Waals surface area (Å²) in [5.41, 5.74) is 8.55. The van der Waals surface area contributed by atoms with Gasteiger partial charge in [-0.15, -0.1) is 0 Å². The van der Waals surface area contributed by atoms with Crippen LogP contribution in [0.3, 0.4) is 0 Å². The van der Waals surface area contributed by atoms with Crippen molar-refractivity contribution in [2.75, 3.05) is 13.1 Å². The van der Waals surface area contributed by atoms with E-state index in [-0.39, 0.29) is 23.6 Å². The van der Waals surface area contributed by atoms with E-state index >= 15 is 0 Å². The molecular weight excluding hydrogens is 471 g/mol. The number of amides is 2. The Labute approximate surface area is 205 Å². The summed E-state index contributed by atoms with van der Waals surface area (Å²) in [5, 5.41) is 7.97. The molecule has 5 N–H and O–H groups in total. The van der Waals surface area contributed by atoms with Gasteiger partial charge < -0.3 is 21.7 Å². The zero-order valence-electron chi connectivity index (χ0n) is 19.4. The van der Waals surface area contributed by atoms with Gasteiger partial charge in [-0.05, 0) is 49.8 Å². The van der Waals surface area contributed by atoms with Gasteiger partial charge in [0.2, 0.25) is 5.91 Å². The lowest BCUT2D eigenvalue weighted by Gasteiger charge is -2.35. The molecule has 0 radical (unpaired) electrons. The van der Waals surface area contributed by atoms with Crippen LogP contribution in [0, 0.1) is 5.92 Å². The van der Waals surface area contributed by atoms with Crippen LogP contribution in [-0.2, 0) is 16.0 Å². The topological polar surface area (TPSA) is 109 Å². The molecule has 5 atom stereocenters. The average Bonchev–Trinajstić information content (AvgIpc) is 3.17. The Morgan fingerprint density at radius 3 is 2.56 bits per heavy atom. The van der Waals surface area contributed by atoms with Gasteiger partial charge in [-0.25, -0.2) is 9.38 Å². The molecule has 2 aliphatic rings. The number of halogens is 1. The number of hydrogen-bond acceptors (Lipinski definition) is 5. The third-order valence-electron chi connectivity index (χ3n) is 6.22. The zero-order valence-corrected chi connectivity index (χ0v) is 21.8. The van der Waals surface area contributed by atoms with Crippen molar-refractivity contribution in [3.63, 3.8) is 0 Å². The normalized spacial score (nSPS) is 24.0. The second-order valence-corrected chi connectivity index (χ2v) is 11.5. The molecule has 2 saturated heterocycles. The summed E-state index contributed by atoms with van der Waals surface area (Å²) >= 11 is 0. The molecule has 4 unspecified atom stereocenters. The van der Waals surface area contributed by atoms with Gasteiger partial charge in [-0.2, -0.15) is 0 Å². The third kappa shape index (κ3) is 7.43. The number of hydrogen-bond donors (Lipinski definition) is 4. The molecule has 3 rings (SSSR count). The Bertz CT molecular complexity index is 980. The first-order chi connectivity index (χ1) is 16.0. The van der Waals surface area contributed by atoms with E-state index in [1.54, 1.807) is 6.92 Å². The number of nitrogens with one attached hydrogen (secondary N) is 3. The fourth-order valence-corrected chi connectivity index (χ4v) is 4.78. The second-order valence-electron chi connectivity index (χ2n) is 9.02. The van der Waals surface area contributed by atoms with Gasteiger partial charge in [0.05, 0.1) is 5.70 Å². The maximum absolute atomic E-state index is 14.1. The summed E-state index contributed by atoms with van der Waals surface area (Å²) in [6.45, 7) is 7.02. The molecule has 2 heterocycles. The maximum Gasteiger partial charge on any atom is 0.267 e. The van der Waals surface area contributed by atoms with Crippen molar-refractivity contribution in [3.8, 4) is 0 Å². The highest BCUT2D eigenvalue weighted by molar-refractivity contribution is 7.39. The lowest BCUT2D eigenvalue weighted by molar-refractivity contribution is -0.120. The Hall–Kier alpha value is -2.14. The number of nitrogens with two attached hydrogens (primary N) is 1. The van der Waals surface area contributed by atoms with Crippen LogP contribution >= 0.6 is 18.5 Å². The largest absolute Gasteiger partial charge is 0.377 e. The molecule has 10 heteroatoms. The predicted molar refractivity (Wildman–Crippen MR) is 142 cm³/mol. The highest BCUT2D eigenvalue weighted by Crippen LogP contribution is 2.40. The number of aliphatic imine (C=N–C) groups is 1. The number of primary amides is 1. The molecule has 0 aliphatic carbocycles. The standard InChI is InChI=1S/C24H34FN5O2P2/c1-14(29-20-9-10-27-23(20)32)11-21(22(26)31)30-15(2)17-5-3-16(4-6-17)12-19-8-7-18(13-28-19)24(25,33)34/h3-6,11,18-20,28-29H,2,7-10,12-13,33-34H2,1H3,(H2,26,31)(H,27,32)/b14-11+,30-21?/t18?,19?,20-/m0/s1. The summed E-state index contributed by atoms with van der Waals surface area (Å²) in [5.74, 6) is -0.767.